The third kappa shape index (κ3) is 27.4. The lowest BCUT2D eigenvalue weighted by atomic mass is 9.70. The van der Waals surface area contributed by atoms with E-state index in [1.807, 2.05) is 132 Å². The maximum absolute atomic E-state index is 5.94. The van der Waals surface area contributed by atoms with Gasteiger partial charge in [0.05, 0.1) is 33.0 Å². The number of ether oxygens (including phenoxy) is 16. The quantitative estimate of drug-likeness (QED) is 0.0351. The molecule has 570 valence electrons. The van der Waals surface area contributed by atoms with Crippen molar-refractivity contribution in [2.75, 3.05) is 85.9 Å². The van der Waals surface area contributed by atoms with E-state index in [0.717, 1.165) is 127 Å². The molecule has 8 unspecified atom stereocenters. The number of rotatable bonds is 27. The van der Waals surface area contributed by atoms with E-state index in [9.17, 15) is 0 Å². The summed E-state index contributed by atoms with van der Waals surface area (Å²) in [7, 11) is 0. The van der Waals surface area contributed by atoms with Gasteiger partial charge in [0.15, 0.2) is 0 Å². The molecule has 0 saturated carbocycles. The van der Waals surface area contributed by atoms with Crippen LogP contribution in [0, 0.1) is 20.8 Å². The van der Waals surface area contributed by atoms with Crippen LogP contribution in [0.4, 0.5) is 0 Å². The van der Waals surface area contributed by atoms with Gasteiger partial charge in [-0.3, -0.25) is 0 Å². The Bertz CT molecular complexity index is 3750. The van der Waals surface area contributed by atoms with Crippen LogP contribution in [0.1, 0.15) is 120 Å². The van der Waals surface area contributed by atoms with Crippen molar-refractivity contribution in [3.05, 3.63) is 263 Å². The summed E-state index contributed by atoms with van der Waals surface area (Å²) in [6.07, 6.45) is 3.80. The zero-order valence-corrected chi connectivity index (χ0v) is 64.5. The normalized spacial score (nSPS) is 20.4. The average Bonchev–Trinajstić information content (AvgIpc) is 1.70. The smallest absolute Gasteiger partial charge is 0.223 e. The van der Waals surface area contributed by atoms with Crippen LogP contribution in [0.2, 0.25) is 0 Å². The van der Waals surface area contributed by atoms with Gasteiger partial charge in [-0.1, -0.05) is 208 Å². The molecular weight excluding hydrogens is 1350 g/mol. The van der Waals surface area contributed by atoms with E-state index >= 15 is 0 Å². The Morgan fingerprint density at radius 3 is 0.692 bits per heavy atom. The number of benzene rings is 9. The summed E-state index contributed by atoms with van der Waals surface area (Å²) in [5, 5.41) is 0. The second kappa shape index (κ2) is 40.9. The number of epoxide rings is 8. The van der Waals surface area contributed by atoms with E-state index in [2.05, 4.69) is 170 Å². The first kappa shape index (κ1) is 80.6. The van der Waals surface area contributed by atoms with E-state index in [-0.39, 0.29) is 54.8 Å². The molecule has 8 aliphatic rings. The summed E-state index contributed by atoms with van der Waals surface area (Å²) in [5.41, 5.74) is 11.3. The fraction of sp³-hybridized carbons (Fsp3) is 0.407. The lowest BCUT2D eigenvalue weighted by molar-refractivity contribution is 0.178. The number of hydrogen-bond acceptors (Lipinski definition) is 16. The molecule has 8 aliphatic heterocycles. The van der Waals surface area contributed by atoms with Gasteiger partial charge in [0.25, 0.3) is 0 Å². The molecule has 8 atom stereocenters. The first-order chi connectivity index (χ1) is 52.1. The minimum atomic E-state index is -0.400. The van der Waals surface area contributed by atoms with Crippen LogP contribution in [-0.4, -0.2) is 135 Å². The first-order valence-corrected chi connectivity index (χ1v) is 38.0. The number of hydrogen-bond donors (Lipinski definition) is 0. The lowest BCUT2D eigenvalue weighted by Crippen LogP contribution is -2.26. The van der Waals surface area contributed by atoms with Gasteiger partial charge in [-0.05, 0) is 162 Å². The maximum Gasteiger partial charge on any atom is 0.223 e. The highest BCUT2D eigenvalue weighted by atomic mass is 16.8. The zero-order chi connectivity index (χ0) is 75.4. The van der Waals surface area contributed by atoms with Crippen LogP contribution in [0.25, 0.3) is 11.1 Å². The monoisotopic (exact) mass is 1460 g/mol. The molecule has 16 nitrogen and oxygen atoms in total. The van der Waals surface area contributed by atoms with Crippen molar-refractivity contribution in [3.63, 3.8) is 0 Å². The third-order valence-corrected chi connectivity index (χ3v) is 17.8. The molecule has 8 heterocycles. The molecule has 0 amide bonds. The standard InChI is InChI=1S/C38H40O6.C18H18O4.3C9H10O2.2C3H8.C2H6/c1-37(2,27-8-14-31(15-9-27)39-20-34-23-42-34)26-4-6-28(7-5-26)38(3,29-10-16-32(17-11-29)40-21-35-24-43-35)30-12-18-33(19-13-30)41-22-36-25-44-36;1-5-15(19-9-17-11-21-17)6-2-13(1)14-3-7-16(8-4-14)20-10-18-12-22-18;3*1-7-4-2-3-5-8(7)11-9-6-10-9;2*1-3-2;1-2/h4-19,34-36H,20-25H2,1-3H3;1-8,17-18H,9-12H2;3*2-5,9H,6H2,1H3;2*3H2,1-2H3;1-2H3. The second-order valence-corrected chi connectivity index (χ2v) is 27.6. The molecule has 107 heavy (non-hydrogen) atoms. The van der Waals surface area contributed by atoms with Crippen LogP contribution < -0.4 is 37.9 Å². The molecule has 8 saturated heterocycles. The van der Waals surface area contributed by atoms with Crippen LogP contribution in [0.15, 0.2) is 218 Å². The highest BCUT2D eigenvalue weighted by Gasteiger charge is 2.34. The van der Waals surface area contributed by atoms with Gasteiger partial charge in [-0.2, -0.15) is 0 Å². The Hall–Kier alpha value is -8.94. The molecule has 17 rings (SSSR count). The SMILES string of the molecule is CC.CC(C)(c1ccc(OCC2CO2)cc1)c1ccc(C(C)(c2ccc(OCC3CO3)cc2)c2ccc(OCC3CO3)cc2)cc1.CCC.CCC.Cc1ccccc1OC1CO1.Cc1ccccc1OC1CO1.Cc1ccccc1OC1CO1.c1cc(-c2ccc(OCC3CO3)cc2)ccc1OCC1CO1. The summed E-state index contributed by atoms with van der Waals surface area (Å²) >= 11 is 0. The van der Waals surface area contributed by atoms with Crippen molar-refractivity contribution in [1.29, 1.82) is 0 Å². The topological polar surface area (TPSA) is 174 Å². The maximum atomic E-state index is 5.94. The van der Waals surface area contributed by atoms with Gasteiger partial charge < -0.3 is 75.8 Å². The summed E-state index contributed by atoms with van der Waals surface area (Å²) in [6.45, 7) is 34.7. The van der Waals surface area contributed by atoms with Gasteiger partial charge >= 0.3 is 0 Å². The Morgan fingerprint density at radius 2 is 0.477 bits per heavy atom. The van der Waals surface area contributed by atoms with Gasteiger partial charge in [0.2, 0.25) is 18.9 Å². The molecule has 0 radical (unpaired) electrons. The minimum Gasteiger partial charge on any atom is -0.491 e. The van der Waals surface area contributed by atoms with E-state index in [1.54, 1.807) is 0 Å². The van der Waals surface area contributed by atoms with Crippen LogP contribution in [-0.2, 0) is 48.7 Å². The van der Waals surface area contributed by atoms with E-state index < -0.39 is 5.41 Å². The zero-order valence-electron chi connectivity index (χ0n) is 64.5. The average molecular weight is 1460 g/mol. The highest BCUT2D eigenvalue weighted by molar-refractivity contribution is 5.65. The van der Waals surface area contributed by atoms with Crippen LogP contribution >= 0.6 is 0 Å². The van der Waals surface area contributed by atoms with Crippen molar-refractivity contribution >= 4 is 0 Å². The lowest BCUT2D eigenvalue weighted by Gasteiger charge is -2.33. The van der Waals surface area contributed by atoms with Crippen molar-refractivity contribution in [2.24, 2.45) is 0 Å². The Kier molecular flexibility index (Phi) is 30.8. The molecule has 0 aromatic heterocycles. The molecule has 0 bridgehead atoms. The number of aryl methyl sites for hydroxylation is 3. The van der Waals surface area contributed by atoms with Crippen molar-refractivity contribution < 1.29 is 75.8 Å². The summed E-state index contributed by atoms with van der Waals surface area (Å²) in [4.78, 5) is 0. The fourth-order valence-electron chi connectivity index (χ4n) is 10.7. The second-order valence-electron chi connectivity index (χ2n) is 27.6. The van der Waals surface area contributed by atoms with Crippen molar-refractivity contribution in [3.8, 4) is 57.1 Å². The van der Waals surface area contributed by atoms with Crippen molar-refractivity contribution in [2.45, 2.75) is 156 Å². The molecule has 9 aromatic carbocycles. The molecule has 16 heteroatoms. The summed E-state index contributed by atoms with van der Waals surface area (Å²) < 4.78 is 86.3. The summed E-state index contributed by atoms with van der Waals surface area (Å²) in [6, 6.07) is 74.5. The van der Waals surface area contributed by atoms with Gasteiger partial charge in [0, 0.05) is 10.8 Å². The number of para-hydroxylation sites is 3. The minimum absolute atomic E-state index is 0.0103. The molecule has 0 spiro atoms. The van der Waals surface area contributed by atoms with Gasteiger partial charge in [-0.25, -0.2) is 0 Å². The highest BCUT2D eigenvalue weighted by Crippen LogP contribution is 2.42. The Morgan fingerprint density at radius 1 is 0.280 bits per heavy atom. The molecule has 9 aromatic rings. The van der Waals surface area contributed by atoms with E-state index in [4.69, 9.17) is 75.8 Å². The molecular formula is C91H110O16. The van der Waals surface area contributed by atoms with Gasteiger partial charge in [0.1, 0.15) is 129 Å². The fourth-order valence-corrected chi connectivity index (χ4v) is 10.7. The first-order valence-electron chi connectivity index (χ1n) is 38.0. The molecule has 0 N–H and O–H groups in total. The Balaban J connectivity index is 0.000000159. The molecule has 0 aliphatic carbocycles. The van der Waals surface area contributed by atoms with Crippen molar-refractivity contribution in [1.82, 2.24) is 0 Å². The van der Waals surface area contributed by atoms with E-state index in [1.165, 1.54) is 40.7 Å². The Labute approximate surface area is 634 Å². The molecule has 8 fully saturated rings. The summed E-state index contributed by atoms with van der Waals surface area (Å²) in [5.74, 6) is 7.12. The van der Waals surface area contributed by atoms with Gasteiger partial charge in [-0.15, -0.1) is 0 Å². The van der Waals surface area contributed by atoms with Crippen LogP contribution in [0.3, 0.4) is 0 Å². The third-order valence-electron chi connectivity index (χ3n) is 17.8. The largest absolute Gasteiger partial charge is 0.491 e. The predicted molar refractivity (Wildman–Crippen MR) is 419 cm³/mol. The predicted octanol–water partition coefficient (Wildman–Crippen LogP) is 18.7. The van der Waals surface area contributed by atoms with Crippen LogP contribution in [0.5, 0.6) is 46.0 Å². The van der Waals surface area contributed by atoms with E-state index in [0.29, 0.717) is 33.0 Å².